The van der Waals surface area contributed by atoms with E-state index in [2.05, 4.69) is 73.0 Å². The topological polar surface area (TPSA) is 51.8 Å². The molecule has 5 heteroatoms. The van der Waals surface area contributed by atoms with Gasteiger partial charge in [-0.1, -0.05) is 24.3 Å². The monoisotopic (exact) mass is 400 g/mol. The smallest absolute Gasteiger partial charge is 0.0701 e. The number of benzene rings is 2. The van der Waals surface area contributed by atoms with E-state index in [-0.39, 0.29) is 0 Å². The normalized spacial score (nSPS) is 10.8. The second-order valence-electron chi connectivity index (χ2n) is 7.14. The highest BCUT2D eigenvalue weighted by Gasteiger charge is 1.95. The second kappa shape index (κ2) is 14.9. The van der Waals surface area contributed by atoms with Gasteiger partial charge in [0, 0.05) is 37.7 Å². The fourth-order valence-corrected chi connectivity index (χ4v) is 2.87. The summed E-state index contributed by atoms with van der Waals surface area (Å²) >= 11 is 0. The third-order valence-electron chi connectivity index (χ3n) is 4.37. The van der Waals surface area contributed by atoms with Crippen molar-refractivity contribution in [3.8, 4) is 0 Å². The van der Waals surface area contributed by atoms with Crippen LogP contribution >= 0.6 is 0 Å². The second-order valence-corrected chi connectivity index (χ2v) is 7.14. The summed E-state index contributed by atoms with van der Waals surface area (Å²) in [6.45, 7) is 10.0. The van der Waals surface area contributed by atoms with E-state index in [0.29, 0.717) is 26.4 Å². The minimum absolute atomic E-state index is 0.615. The first-order chi connectivity index (χ1) is 14.2. The van der Waals surface area contributed by atoms with Crippen LogP contribution < -0.4 is 10.6 Å². The van der Waals surface area contributed by atoms with Crippen molar-refractivity contribution in [2.75, 3.05) is 63.4 Å². The Balaban J connectivity index is 1.30. The van der Waals surface area contributed by atoms with E-state index in [1.165, 1.54) is 22.5 Å². The Morgan fingerprint density at radius 1 is 0.586 bits per heavy atom. The minimum Gasteiger partial charge on any atom is -0.385 e. The Bertz CT molecular complexity index is 621. The van der Waals surface area contributed by atoms with Crippen LogP contribution in [0, 0.1) is 13.8 Å². The zero-order valence-electron chi connectivity index (χ0n) is 17.9. The number of nitrogens with one attached hydrogen (secondary N) is 2. The summed E-state index contributed by atoms with van der Waals surface area (Å²) < 4.78 is 16.7. The number of hydrogen-bond acceptors (Lipinski definition) is 5. The van der Waals surface area contributed by atoms with Gasteiger partial charge in [0.1, 0.15) is 0 Å². The van der Waals surface area contributed by atoms with Crippen molar-refractivity contribution >= 4 is 11.4 Å². The fraction of sp³-hybridized carbons (Fsp3) is 0.500. The van der Waals surface area contributed by atoms with Crippen LogP contribution in [0.2, 0.25) is 0 Å². The lowest BCUT2D eigenvalue weighted by Gasteiger charge is -2.09. The van der Waals surface area contributed by atoms with Crippen LogP contribution in [0.4, 0.5) is 11.4 Å². The van der Waals surface area contributed by atoms with E-state index in [4.69, 9.17) is 14.2 Å². The summed E-state index contributed by atoms with van der Waals surface area (Å²) in [5, 5.41) is 6.81. The molecule has 2 aromatic rings. The van der Waals surface area contributed by atoms with E-state index in [0.717, 1.165) is 39.1 Å². The van der Waals surface area contributed by atoms with Gasteiger partial charge in [0.05, 0.1) is 26.4 Å². The first-order valence-electron chi connectivity index (χ1n) is 10.6. The minimum atomic E-state index is 0.615. The lowest BCUT2D eigenvalue weighted by atomic mass is 10.2. The molecule has 5 nitrogen and oxygen atoms in total. The maximum Gasteiger partial charge on any atom is 0.0701 e. The maximum atomic E-state index is 5.59. The molecule has 0 aromatic heterocycles. The van der Waals surface area contributed by atoms with Crippen molar-refractivity contribution in [1.82, 2.24) is 0 Å². The standard InChI is InChI=1S/C24H36N2O3/c1-21-7-3-9-23(19-21)25-11-5-13-27-15-17-29-18-16-28-14-6-12-26-24-10-4-8-22(2)20-24/h3-4,7-10,19-20,25-26H,5-6,11-18H2,1-2H3. The average molecular weight is 401 g/mol. The number of anilines is 2. The van der Waals surface area contributed by atoms with Gasteiger partial charge in [0.25, 0.3) is 0 Å². The first kappa shape index (κ1) is 23.2. The predicted octanol–water partition coefficient (Wildman–Crippen LogP) is 4.66. The SMILES string of the molecule is Cc1cccc(NCCCOCCOCCOCCCNc2cccc(C)c2)c1. The molecule has 160 valence electrons. The number of hydrogen-bond donors (Lipinski definition) is 2. The van der Waals surface area contributed by atoms with Gasteiger partial charge in [-0.3, -0.25) is 0 Å². The largest absolute Gasteiger partial charge is 0.385 e. The number of aryl methyl sites for hydroxylation is 2. The molecule has 0 amide bonds. The molecule has 0 aliphatic heterocycles. The van der Waals surface area contributed by atoms with E-state index >= 15 is 0 Å². The van der Waals surface area contributed by atoms with Crippen LogP contribution in [0.3, 0.4) is 0 Å². The van der Waals surface area contributed by atoms with Gasteiger partial charge in [0.2, 0.25) is 0 Å². The Morgan fingerprint density at radius 2 is 1.00 bits per heavy atom. The molecule has 0 fully saturated rings. The van der Waals surface area contributed by atoms with Crippen LogP contribution in [0.1, 0.15) is 24.0 Å². The molecule has 2 aromatic carbocycles. The van der Waals surface area contributed by atoms with E-state index in [9.17, 15) is 0 Å². The van der Waals surface area contributed by atoms with Crippen molar-refractivity contribution < 1.29 is 14.2 Å². The van der Waals surface area contributed by atoms with Gasteiger partial charge in [-0.25, -0.2) is 0 Å². The van der Waals surface area contributed by atoms with Gasteiger partial charge in [-0.05, 0) is 62.1 Å². The molecule has 0 radical (unpaired) electrons. The molecule has 0 bridgehead atoms. The highest BCUT2D eigenvalue weighted by molar-refractivity contribution is 5.45. The molecule has 0 heterocycles. The van der Waals surface area contributed by atoms with Crippen molar-refractivity contribution in [3.63, 3.8) is 0 Å². The third-order valence-corrected chi connectivity index (χ3v) is 4.37. The highest BCUT2D eigenvalue weighted by atomic mass is 16.5. The Kier molecular flexibility index (Phi) is 11.9. The maximum absolute atomic E-state index is 5.59. The van der Waals surface area contributed by atoms with Crippen LogP contribution in [0.25, 0.3) is 0 Å². The summed E-state index contributed by atoms with van der Waals surface area (Å²) in [6.07, 6.45) is 1.96. The number of ether oxygens (including phenoxy) is 3. The lowest BCUT2D eigenvalue weighted by Crippen LogP contribution is -2.12. The van der Waals surface area contributed by atoms with Crippen LogP contribution in [0.5, 0.6) is 0 Å². The van der Waals surface area contributed by atoms with Gasteiger partial charge < -0.3 is 24.8 Å². The Hall–Kier alpha value is -2.08. The van der Waals surface area contributed by atoms with Crippen LogP contribution in [-0.2, 0) is 14.2 Å². The molecule has 29 heavy (non-hydrogen) atoms. The van der Waals surface area contributed by atoms with Gasteiger partial charge in [-0.2, -0.15) is 0 Å². The zero-order chi connectivity index (χ0) is 20.6. The molecule has 0 aliphatic rings. The third kappa shape index (κ3) is 11.5. The molecule has 0 aliphatic carbocycles. The molecular weight excluding hydrogens is 364 g/mol. The highest BCUT2D eigenvalue weighted by Crippen LogP contribution is 2.10. The van der Waals surface area contributed by atoms with E-state index in [1.807, 2.05) is 0 Å². The van der Waals surface area contributed by atoms with Gasteiger partial charge >= 0.3 is 0 Å². The lowest BCUT2D eigenvalue weighted by molar-refractivity contribution is 0.0145. The molecule has 0 atom stereocenters. The van der Waals surface area contributed by atoms with Gasteiger partial charge in [0.15, 0.2) is 0 Å². The van der Waals surface area contributed by atoms with Crippen LogP contribution in [0.15, 0.2) is 48.5 Å². The molecule has 2 rings (SSSR count). The van der Waals surface area contributed by atoms with Crippen LogP contribution in [-0.4, -0.2) is 52.7 Å². The molecule has 2 N–H and O–H groups in total. The average Bonchev–Trinajstić information content (AvgIpc) is 2.71. The summed E-state index contributed by atoms with van der Waals surface area (Å²) in [6, 6.07) is 16.8. The Labute approximate surface area is 175 Å². The summed E-state index contributed by atoms with van der Waals surface area (Å²) in [5.41, 5.74) is 4.87. The fourth-order valence-electron chi connectivity index (χ4n) is 2.87. The van der Waals surface area contributed by atoms with E-state index in [1.54, 1.807) is 0 Å². The van der Waals surface area contributed by atoms with Crippen molar-refractivity contribution in [2.24, 2.45) is 0 Å². The van der Waals surface area contributed by atoms with Gasteiger partial charge in [-0.15, -0.1) is 0 Å². The quantitative estimate of drug-likeness (QED) is 0.402. The van der Waals surface area contributed by atoms with Crippen molar-refractivity contribution in [3.05, 3.63) is 59.7 Å². The zero-order valence-corrected chi connectivity index (χ0v) is 17.9. The van der Waals surface area contributed by atoms with E-state index < -0.39 is 0 Å². The molecule has 0 unspecified atom stereocenters. The predicted molar refractivity (Wildman–Crippen MR) is 121 cm³/mol. The number of rotatable bonds is 16. The Morgan fingerprint density at radius 3 is 1.41 bits per heavy atom. The summed E-state index contributed by atoms with van der Waals surface area (Å²) in [5.74, 6) is 0. The van der Waals surface area contributed by atoms with Crippen molar-refractivity contribution in [1.29, 1.82) is 0 Å². The molecular formula is C24H36N2O3. The molecule has 0 saturated heterocycles. The van der Waals surface area contributed by atoms with Crippen molar-refractivity contribution in [2.45, 2.75) is 26.7 Å². The first-order valence-corrected chi connectivity index (χ1v) is 10.6. The summed E-state index contributed by atoms with van der Waals surface area (Å²) in [7, 11) is 0. The molecule has 0 saturated carbocycles. The summed E-state index contributed by atoms with van der Waals surface area (Å²) in [4.78, 5) is 0. The molecule has 0 spiro atoms.